The molecule has 0 aliphatic heterocycles. The van der Waals surface area contributed by atoms with Gasteiger partial charge in [-0.05, 0) is 36.7 Å². The zero-order valence-electron chi connectivity index (χ0n) is 19.0. The fourth-order valence-corrected chi connectivity index (χ4v) is 4.02. The van der Waals surface area contributed by atoms with Crippen LogP contribution in [-0.2, 0) is 13.0 Å². The number of Topliss-reactive ketones (excluding diaryl/α,β-unsaturated/α-hetero) is 1. The Hall–Kier alpha value is -3.57. The monoisotopic (exact) mass is 442 g/mol. The van der Waals surface area contributed by atoms with E-state index in [0.717, 1.165) is 59.6 Å². The normalized spacial score (nSPS) is 10.9. The number of ether oxygens (including phenoxy) is 2. The number of nitrogens with one attached hydrogen (secondary N) is 1. The molecule has 0 radical (unpaired) electrons. The summed E-state index contributed by atoms with van der Waals surface area (Å²) in [4.78, 5) is 13.1. The molecule has 0 aliphatic carbocycles. The van der Waals surface area contributed by atoms with Gasteiger partial charge in [0.1, 0.15) is 18.1 Å². The van der Waals surface area contributed by atoms with Crippen molar-refractivity contribution in [2.24, 2.45) is 0 Å². The molecular formula is C28H30N2O3. The van der Waals surface area contributed by atoms with Crippen LogP contribution in [0.3, 0.4) is 0 Å². The number of carbonyl (C=O) groups is 1. The summed E-state index contributed by atoms with van der Waals surface area (Å²) < 4.78 is 13.5. The van der Waals surface area contributed by atoms with Gasteiger partial charge >= 0.3 is 0 Å². The van der Waals surface area contributed by atoms with Crippen LogP contribution in [0.5, 0.6) is 11.5 Å². The number of carbonyl (C=O) groups excluding carboxylic acids is 1. The maximum Gasteiger partial charge on any atom is 0.169 e. The molecule has 5 heteroatoms. The Bertz CT molecular complexity index is 1170. The summed E-state index contributed by atoms with van der Waals surface area (Å²) in [5.74, 6) is 1.79. The van der Waals surface area contributed by atoms with Crippen molar-refractivity contribution in [3.8, 4) is 11.5 Å². The molecule has 33 heavy (non-hydrogen) atoms. The SMILES string of the molecule is COc1cccc2c(C(=O)Cc3ccccc3)cn(CCCNCCOc3ccccc3)c12. The second-order valence-electron chi connectivity index (χ2n) is 7.94. The molecule has 0 saturated carbocycles. The van der Waals surface area contributed by atoms with Crippen molar-refractivity contribution < 1.29 is 14.3 Å². The van der Waals surface area contributed by atoms with E-state index >= 15 is 0 Å². The molecular weight excluding hydrogens is 412 g/mol. The van der Waals surface area contributed by atoms with Crippen LogP contribution in [0.2, 0.25) is 0 Å². The van der Waals surface area contributed by atoms with Gasteiger partial charge in [-0.1, -0.05) is 60.7 Å². The smallest absolute Gasteiger partial charge is 0.169 e. The fourth-order valence-electron chi connectivity index (χ4n) is 4.02. The van der Waals surface area contributed by atoms with Crippen molar-refractivity contribution in [3.05, 3.63) is 96.2 Å². The number of ketones is 1. The Morgan fingerprint density at radius 1 is 0.909 bits per heavy atom. The van der Waals surface area contributed by atoms with Gasteiger partial charge in [-0.2, -0.15) is 0 Å². The van der Waals surface area contributed by atoms with E-state index < -0.39 is 0 Å². The largest absolute Gasteiger partial charge is 0.495 e. The van der Waals surface area contributed by atoms with Crippen LogP contribution < -0.4 is 14.8 Å². The zero-order chi connectivity index (χ0) is 22.9. The topological polar surface area (TPSA) is 52.5 Å². The van der Waals surface area contributed by atoms with Gasteiger partial charge in [-0.15, -0.1) is 0 Å². The molecule has 1 N–H and O–H groups in total. The van der Waals surface area contributed by atoms with Gasteiger partial charge < -0.3 is 19.4 Å². The van der Waals surface area contributed by atoms with E-state index in [4.69, 9.17) is 9.47 Å². The standard InChI is InChI=1S/C28H30N2O3/c1-32-27-15-8-14-24-25(26(31)20-22-10-4-2-5-11-22)21-30(28(24)27)18-9-16-29-17-19-33-23-12-6-3-7-13-23/h2-8,10-15,21,29H,9,16-20H2,1H3. The first-order valence-electron chi connectivity index (χ1n) is 11.4. The van der Waals surface area contributed by atoms with Crippen molar-refractivity contribution in [2.75, 3.05) is 26.8 Å². The number of methoxy groups -OCH3 is 1. The fraction of sp³-hybridized carbons (Fsp3) is 0.250. The Kier molecular flexibility index (Phi) is 7.77. The number of para-hydroxylation sites is 2. The lowest BCUT2D eigenvalue weighted by molar-refractivity contribution is 0.0994. The van der Waals surface area contributed by atoms with Gasteiger partial charge in [-0.3, -0.25) is 4.79 Å². The lowest BCUT2D eigenvalue weighted by atomic mass is 10.0. The molecule has 4 aromatic rings. The number of fused-ring (bicyclic) bond motifs is 1. The van der Waals surface area contributed by atoms with Gasteiger partial charge in [0.15, 0.2) is 5.78 Å². The lowest BCUT2D eigenvalue weighted by Crippen LogP contribution is -2.23. The van der Waals surface area contributed by atoms with E-state index in [9.17, 15) is 4.79 Å². The van der Waals surface area contributed by atoms with Crippen LogP contribution in [0.4, 0.5) is 0 Å². The third kappa shape index (κ3) is 5.82. The average Bonchev–Trinajstić information content (AvgIpc) is 3.24. The second kappa shape index (κ2) is 11.3. The minimum Gasteiger partial charge on any atom is -0.495 e. The Morgan fingerprint density at radius 3 is 2.42 bits per heavy atom. The van der Waals surface area contributed by atoms with Gasteiger partial charge in [-0.25, -0.2) is 0 Å². The first kappa shape index (κ1) is 22.6. The number of nitrogens with zero attached hydrogens (tertiary/aromatic N) is 1. The molecule has 0 bridgehead atoms. The Balaban J connectivity index is 1.38. The van der Waals surface area contributed by atoms with Crippen molar-refractivity contribution in [1.29, 1.82) is 0 Å². The van der Waals surface area contributed by atoms with E-state index in [1.807, 2.05) is 85.1 Å². The molecule has 1 heterocycles. The molecule has 0 amide bonds. The first-order chi connectivity index (χ1) is 16.3. The summed E-state index contributed by atoms with van der Waals surface area (Å²) in [6.07, 6.45) is 3.30. The van der Waals surface area contributed by atoms with E-state index in [-0.39, 0.29) is 5.78 Å². The summed E-state index contributed by atoms with van der Waals surface area (Å²) in [7, 11) is 1.67. The maximum absolute atomic E-state index is 13.1. The lowest BCUT2D eigenvalue weighted by Gasteiger charge is -2.10. The van der Waals surface area contributed by atoms with Crippen molar-refractivity contribution in [1.82, 2.24) is 9.88 Å². The van der Waals surface area contributed by atoms with Crippen LogP contribution >= 0.6 is 0 Å². The van der Waals surface area contributed by atoms with Crippen LogP contribution in [0.1, 0.15) is 22.3 Å². The molecule has 170 valence electrons. The Labute approximate surface area is 195 Å². The maximum atomic E-state index is 13.1. The van der Waals surface area contributed by atoms with E-state index in [1.165, 1.54) is 0 Å². The Morgan fingerprint density at radius 2 is 1.67 bits per heavy atom. The highest BCUT2D eigenvalue weighted by molar-refractivity contribution is 6.10. The van der Waals surface area contributed by atoms with Crippen LogP contribution in [0.15, 0.2) is 85.1 Å². The van der Waals surface area contributed by atoms with E-state index in [0.29, 0.717) is 13.0 Å². The molecule has 0 unspecified atom stereocenters. The highest BCUT2D eigenvalue weighted by Crippen LogP contribution is 2.31. The number of hydrogen-bond acceptors (Lipinski definition) is 4. The molecule has 3 aromatic carbocycles. The van der Waals surface area contributed by atoms with Gasteiger partial charge in [0, 0.05) is 36.7 Å². The average molecular weight is 443 g/mol. The quantitative estimate of drug-likeness (QED) is 0.244. The summed E-state index contributed by atoms with van der Waals surface area (Å²) in [5, 5.41) is 4.37. The summed E-state index contributed by atoms with van der Waals surface area (Å²) in [6.45, 7) is 3.07. The summed E-state index contributed by atoms with van der Waals surface area (Å²) in [5.41, 5.74) is 2.74. The molecule has 0 aliphatic rings. The van der Waals surface area contributed by atoms with Crippen molar-refractivity contribution >= 4 is 16.7 Å². The predicted octanol–water partition coefficient (Wildman–Crippen LogP) is 5.13. The number of rotatable bonds is 12. The number of aromatic nitrogens is 1. The van der Waals surface area contributed by atoms with Gasteiger partial charge in [0.05, 0.1) is 12.6 Å². The van der Waals surface area contributed by atoms with Crippen LogP contribution in [0.25, 0.3) is 10.9 Å². The minimum absolute atomic E-state index is 0.120. The number of benzene rings is 3. The zero-order valence-corrected chi connectivity index (χ0v) is 19.0. The molecule has 1 aromatic heterocycles. The third-order valence-electron chi connectivity index (χ3n) is 5.63. The molecule has 0 atom stereocenters. The molecule has 5 nitrogen and oxygen atoms in total. The summed E-state index contributed by atoms with van der Waals surface area (Å²) in [6, 6.07) is 25.6. The first-order valence-corrected chi connectivity index (χ1v) is 11.4. The minimum atomic E-state index is 0.120. The second-order valence-corrected chi connectivity index (χ2v) is 7.94. The highest BCUT2D eigenvalue weighted by atomic mass is 16.5. The molecule has 0 fully saturated rings. The third-order valence-corrected chi connectivity index (χ3v) is 5.63. The molecule has 0 saturated heterocycles. The predicted molar refractivity (Wildman–Crippen MR) is 132 cm³/mol. The van der Waals surface area contributed by atoms with Gasteiger partial charge in [0.2, 0.25) is 0 Å². The van der Waals surface area contributed by atoms with E-state index in [1.54, 1.807) is 7.11 Å². The molecule has 0 spiro atoms. The summed E-state index contributed by atoms with van der Waals surface area (Å²) >= 11 is 0. The van der Waals surface area contributed by atoms with Crippen LogP contribution in [0, 0.1) is 0 Å². The highest BCUT2D eigenvalue weighted by Gasteiger charge is 2.18. The number of hydrogen-bond donors (Lipinski definition) is 1. The van der Waals surface area contributed by atoms with Crippen LogP contribution in [-0.4, -0.2) is 37.2 Å². The molecule has 4 rings (SSSR count). The van der Waals surface area contributed by atoms with Crippen molar-refractivity contribution in [3.63, 3.8) is 0 Å². The van der Waals surface area contributed by atoms with Crippen molar-refractivity contribution in [2.45, 2.75) is 19.4 Å². The van der Waals surface area contributed by atoms with E-state index in [2.05, 4.69) is 9.88 Å². The van der Waals surface area contributed by atoms with Gasteiger partial charge in [0.25, 0.3) is 0 Å². The number of aryl methyl sites for hydroxylation is 1.